The number of nitrogens with one attached hydrogen (secondary N) is 1. The molecule has 1 aromatic carbocycles. The molecule has 2 heterocycles. The SMILES string of the molecule is COc1cccc(OC)c1C(=O)NCCc1nnc(-c2ccncc2)o1. The topological polar surface area (TPSA) is 99.4 Å². The smallest absolute Gasteiger partial charge is 0.258 e. The molecule has 0 aliphatic rings. The van der Waals surface area contributed by atoms with Crippen molar-refractivity contribution in [2.24, 2.45) is 0 Å². The monoisotopic (exact) mass is 354 g/mol. The summed E-state index contributed by atoms with van der Waals surface area (Å²) in [5.41, 5.74) is 1.14. The Balaban J connectivity index is 1.62. The van der Waals surface area contributed by atoms with Crippen LogP contribution in [0.15, 0.2) is 47.1 Å². The van der Waals surface area contributed by atoms with Gasteiger partial charge in [-0.25, -0.2) is 0 Å². The van der Waals surface area contributed by atoms with Crippen LogP contribution >= 0.6 is 0 Å². The summed E-state index contributed by atoms with van der Waals surface area (Å²) in [6.07, 6.45) is 3.71. The van der Waals surface area contributed by atoms with Crippen LogP contribution in [0.5, 0.6) is 11.5 Å². The Morgan fingerprint density at radius 2 is 1.77 bits per heavy atom. The molecule has 0 atom stereocenters. The molecule has 0 fully saturated rings. The number of benzene rings is 1. The van der Waals surface area contributed by atoms with E-state index in [0.717, 1.165) is 5.56 Å². The summed E-state index contributed by atoms with van der Waals surface area (Å²) >= 11 is 0. The molecular weight excluding hydrogens is 336 g/mol. The zero-order valence-electron chi connectivity index (χ0n) is 14.4. The number of nitrogens with zero attached hydrogens (tertiary/aromatic N) is 3. The molecule has 8 heteroatoms. The third kappa shape index (κ3) is 3.80. The van der Waals surface area contributed by atoms with Gasteiger partial charge in [-0.1, -0.05) is 6.07 Å². The molecule has 0 saturated heterocycles. The van der Waals surface area contributed by atoms with E-state index in [0.29, 0.717) is 41.8 Å². The molecule has 3 aromatic rings. The molecule has 8 nitrogen and oxygen atoms in total. The highest BCUT2D eigenvalue weighted by Crippen LogP contribution is 2.27. The molecule has 0 aliphatic heterocycles. The number of carbonyl (C=O) groups is 1. The van der Waals surface area contributed by atoms with Crippen molar-refractivity contribution in [3.8, 4) is 23.0 Å². The van der Waals surface area contributed by atoms with Crippen molar-refractivity contribution in [2.75, 3.05) is 20.8 Å². The van der Waals surface area contributed by atoms with Gasteiger partial charge in [0.05, 0.1) is 14.2 Å². The van der Waals surface area contributed by atoms with Gasteiger partial charge in [-0.3, -0.25) is 9.78 Å². The van der Waals surface area contributed by atoms with Crippen molar-refractivity contribution in [3.05, 3.63) is 54.2 Å². The second kappa shape index (κ2) is 8.11. The molecule has 0 saturated carbocycles. The fourth-order valence-corrected chi connectivity index (χ4v) is 2.41. The first-order valence-corrected chi connectivity index (χ1v) is 7.95. The number of amides is 1. The first-order valence-electron chi connectivity index (χ1n) is 7.95. The summed E-state index contributed by atoms with van der Waals surface area (Å²) in [4.78, 5) is 16.4. The van der Waals surface area contributed by atoms with Gasteiger partial charge in [0.25, 0.3) is 5.91 Å². The largest absolute Gasteiger partial charge is 0.496 e. The summed E-state index contributed by atoms with van der Waals surface area (Å²) < 4.78 is 16.1. The maximum atomic E-state index is 12.5. The highest BCUT2D eigenvalue weighted by atomic mass is 16.5. The number of methoxy groups -OCH3 is 2. The Morgan fingerprint density at radius 1 is 1.08 bits per heavy atom. The Hall–Kier alpha value is -3.42. The van der Waals surface area contributed by atoms with Gasteiger partial charge in [0.2, 0.25) is 11.8 Å². The predicted octanol–water partition coefficient (Wildman–Crippen LogP) is 2.12. The Morgan fingerprint density at radius 3 is 2.42 bits per heavy atom. The van der Waals surface area contributed by atoms with Gasteiger partial charge < -0.3 is 19.2 Å². The van der Waals surface area contributed by atoms with Crippen LogP contribution < -0.4 is 14.8 Å². The Labute approximate surface area is 150 Å². The van der Waals surface area contributed by atoms with Crippen LogP contribution in [-0.2, 0) is 6.42 Å². The van der Waals surface area contributed by atoms with Crippen molar-refractivity contribution >= 4 is 5.91 Å². The minimum Gasteiger partial charge on any atom is -0.496 e. The van der Waals surface area contributed by atoms with E-state index in [4.69, 9.17) is 13.9 Å². The van der Waals surface area contributed by atoms with Gasteiger partial charge in [0, 0.05) is 30.9 Å². The van der Waals surface area contributed by atoms with Crippen LogP contribution in [0.3, 0.4) is 0 Å². The van der Waals surface area contributed by atoms with Gasteiger partial charge in [-0.2, -0.15) is 0 Å². The molecule has 1 N–H and O–H groups in total. The molecule has 0 unspecified atom stereocenters. The highest BCUT2D eigenvalue weighted by molar-refractivity contribution is 5.99. The van der Waals surface area contributed by atoms with E-state index < -0.39 is 0 Å². The third-order valence-corrected chi connectivity index (χ3v) is 3.67. The van der Waals surface area contributed by atoms with Crippen molar-refractivity contribution < 1.29 is 18.7 Å². The summed E-state index contributed by atoms with van der Waals surface area (Å²) in [7, 11) is 3.01. The molecule has 2 aromatic heterocycles. The van der Waals surface area contributed by atoms with E-state index in [2.05, 4.69) is 20.5 Å². The summed E-state index contributed by atoms with van der Waals surface area (Å²) in [6.45, 7) is 0.331. The van der Waals surface area contributed by atoms with Crippen molar-refractivity contribution in [3.63, 3.8) is 0 Å². The van der Waals surface area contributed by atoms with Crippen molar-refractivity contribution in [1.29, 1.82) is 0 Å². The van der Waals surface area contributed by atoms with E-state index in [1.165, 1.54) is 14.2 Å². The van der Waals surface area contributed by atoms with Crippen LogP contribution in [0.4, 0.5) is 0 Å². The maximum Gasteiger partial charge on any atom is 0.258 e. The number of aromatic nitrogens is 3. The number of hydrogen-bond acceptors (Lipinski definition) is 7. The lowest BCUT2D eigenvalue weighted by molar-refractivity contribution is 0.0947. The molecular formula is C18H18N4O4. The number of carbonyl (C=O) groups excluding carboxylic acids is 1. The first-order chi connectivity index (χ1) is 12.7. The lowest BCUT2D eigenvalue weighted by Gasteiger charge is -2.12. The van der Waals surface area contributed by atoms with Crippen LogP contribution in [-0.4, -0.2) is 41.9 Å². The Bertz CT molecular complexity index is 858. The standard InChI is InChI=1S/C18H18N4O4/c1-24-13-4-3-5-14(25-2)16(13)17(23)20-11-8-15-21-22-18(26-15)12-6-9-19-10-7-12/h3-7,9-10H,8,11H2,1-2H3,(H,20,23). The van der Waals surface area contributed by atoms with E-state index in [1.54, 1.807) is 42.7 Å². The minimum atomic E-state index is -0.298. The van der Waals surface area contributed by atoms with E-state index in [9.17, 15) is 4.79 Å². The van der Waals surface area contributed by atoms with Crippen LogP contribution in [0.2, 0.25) is 0 Å². The van der Waals surface area contributed by atoms with Gasteiger partial charge in [0.1, 0.15) is 17.1 Å². The average Bonchev–Trinajstić information content (AvgIpc) is 3.16. The van der Waals surface area contributed by atoms with Gasteiger partial charge in [0.15, 0.2) is 0 Å². The summed E-state index contributed by atoms with van der Waals surface area (Å²) in [6, 6.07) is 8.74. The normalized spacial score (nSPS) is 10.4. The lowest BCUT2D eigenvalue weighted by atomic mass is 10.1. The summed E-state index contributed by atoms with van der Waals surface area (Å²) in [5.74, 6) is 1.44. The Kier molecular flexibility index (Phi) is 5.43. The third-order valence-electron chi connectivity index (χ3n) is 3.67. The zero-order valence-corrected chi connectivity index (χ0v) is 14.4. The number of rotatable bonds is 7. The molecule has 3 rings (SSSR count). The van der Waals surface area contributed by atoms with Crippen LogP contribution in [0.25, 0.3) is 11.5 Å². The van der Waals surface area contributed by atoms with Crippen molar-refractivity contribution in [2.45, 2.75) is 6.42 Å². The molecule has 1 amide bonds. The van der Waals surface area contributed by atoms with Crippen LogP contribution in [0.1, 0.15) is 16.2 Å². The minimum absolute atomic E-state index is 0.298. The van der Waals surface area contributed by atoms with Gasteiger partial charge in [-0.05, 0) is 24.3 Å². The molecule has 0 bridgehead atoms. The second-order valence-electron chi connectivity index (χ2n) is 5.28. The highest BCUT2D eigenvalue weighted by Gasteiger charge is 2.18. The predicted molar refractivity (Wildman–Crippen MR) is 93.1 cm³/mol. The number of hydrogen-bond donors (Lipinski definition) is 1. The van der Waals surface area contributed by atoms with Crippen LogP contribution in [0, 0.1) is 0 Å². The van der Waals surface area contributed by atoms with E-state index in [-0.39, 0.29) is 5.91 Å². The average molecular weight is 354 g/mol. The quantitative estimate of drug-likeness (QED) is 0.694. The first kappa shape index (κ1) is 17.4. The van der Waals surface area contributed by atoms with Gasteiger partial charge in [-0.15, -0.1) is 10.2 Å². The fraction of sp³-hybridized carbons (Fsp3) is 0.222. The number of ether oxygens (including phenoxy) is 2. The summed E-state index contributed by atoms with van der Waals surface area (Å²) in [5, 5.41) is 10.8. The fourth-order valence-electron chi connectivity index (χ4n) is 2.41. The van der Waals surface area contributed by atoms with Crippen molar-refractivity contribution in [1.82, 2.24) is 20.5 Å². The molecule has 26 heavy (non-hydrogen) atoms. The van der Waals surface area contributed by atoms with Gasteiger partial charge >= 0.3 is 0 Å². The van der Waals surface area contributed by atoms with E-state index in [1.807, 2.05) is 0 Å². The molecule has 0 spiro atoms. The zero-order chi connectivity index (χ0) is 18.4. The maximum absolute atomic E-state index is 12.5. The lowest BCUT2D eigenvalue weighted by Crippen LogP contribution is -2.26. The second-order valence-corrected chi connectivity index (χ2v) is 5.28. The molecule has 134 valence electrons. The van der Waals surface area contributed by atoms with E-state index >= 15 is 0 Å². The molecule has 0 radical (unpaired) electrons. The molecule has 0 aliphatic carbocycles. The number of pyridine rings is 1.